The largest absolute Gasteiger partial charge is 0.360 e. The van der Waals surface area contributed by atoms with Crippen LogP contribution in [0.4, 0.5) is 0 Å². The molecule has 78 valence electrons. The van der Waals surface area contributed by atoms with Crippen molar-refractivity contribution in [3.8, 4) is 11.4 Å². The minimum absolute atomic E-state index is 0.549. The molecule has 0 spiro atoms. The van der Waals surface area contributed by atoms with E-state index in [-0.39, 0.29) is 0 Å². The van der Waals surface area contributed by atoms with Crippen molar-refractivity contribution in [2.45, 2.75) is 13.3 Å². The maximum atomic E-state index is 5.68. The summed E-state index contributed by atoms with van der Waals surface area (Å²) in [6.45, 7) is 1.96. The first-order chi connectivity index (χ1) is 7.29. The van der Waals surface area contributed by atoms with Gasteiger partial charge in [0.1, 0.15) is 5.82 Å². The van der Waals surface area contributed by atoms with Crippen LogP contribution < -0.4 is 0 Å². The molecule has 2 rings (SSSR count). The normalized spacial score (nSPS) is 10.5. The maximum Gasteiger partial charge on any atom is 0.130 e. The second kappa shape index (κ2) is 4.45. The third kappa shape index (κ3) is 2.36. The van der Waals surface area contributed by atoms with E-state index >= 15 is 0 Å². The fourth-order valence-electron chi connectivity index (χ4n) is 1.45. The molecule has 0 radical (unpaired) electrons. The van der Waals surface area contributed by atoms with Crippen molar-refractivity contribution in [1.82, 2.24) is 15.0 Å². The van der Waals surface area contributed by atoms with Crippen molar-refractivity contribution in [1.29, 1.82) is 0 Å². The Kier molecular flexibility index (Phi) is 3.02. The molecule has 0 aromatic carbocycles. The molecule has 0 saturated heterocycles. The number of alkyl halides is 1. The molecule has 0 amide bonds. The SMILES string of the molecule is Cc1cc(-c2ccc[nH]2)nc(CCCl)n1. The molecule has 0 saturated carbocycles. The van der Waals surface area contributed by atoms with Crippen LogP contribution in [-0.2, 0) is 6.42 Å². The van der Waals surface area contributed by atoms with Crippen molar-refractivity contribution >= 4 is 11.6 Å². The van der Waals surface area contributed by atoms with E-state index in [0.717, 1.165) is 22.9 Å². The quantitative estimate of drug-likeness (QED) is 0.810. The second-order valence-electron chi connectivity index (χ2n) is 3.33. The van der Waals surface area contributed by atoms with Crippen molar-refractivity contribution in [3.05, 3.63) is 35.9 Å². The van der Waals surface area contributed by atoms with Gasteiger partial charge in [0.05, 0.1) is 11.4 Å². The zero-order valence-electron chi connectivity index (χ0n) is 8.50. The Morgan fingerprint density at radius 2 is 2.27 bits per heavy atom. The number of rotatable bonds is 3. The molecule has 0 fully saturated rings. The van der Waals surface area contributed by atoms with Gasteiger partial charge in [0.15, 0.2) is 0 Å². The van der Waals surface area contributed by atoms with E-state index in [1.54, 1.807) is 0 Å². The average molecular weight is 222 g/mol. The van der Waals surface area contributed by atoms with Crippen LogP contribution >= 0.6 is 11.6 Å². The van der Waals surface area contributed by atoms with E-state index in [1.807, 2.05) is 31.3 Å². The van der Waals surface area contributed by atoms with Crippen molar-refractivity contribution in [3.63, 3.8) is 0 Å². The summed E-state index contributed by atoms with van der Waals surface area (Å²) in [5.74, 6) is 1.35. The van der Waals surface area contributed by atoms with Crippen LogP contribution in [0.15, 0.2) is 24.4 Å². The predicted molar refractivity (Wildman–Crippen MR) is 61.0 cm³/mol. The average Bonchev–Trinajstić information content (AvgIpc) is 2.70. The van der Waals surface area contributed by atoms with Gasteiger partial charge in [-0.05, 0) is 25.1 Å². The fourth-order valence-corrected chi connectivity index (χ4v) is 1.62. The molecule has 15 heavy (non-hydrogen) atoms. The highest BCUT2D eigenvalue weighted by molar-refractivity contribution is 6.17. The fraction of sp³-hybridized carbons (Fsp3) is 0.273. The number of nitrogens with zero attached hydrogens (tertiary/aromatic N) is 2. The Morgan fingerprint density at radius 3 is 2.93 bits per heavy atom. The number of H-pyrrole nitrogens is 1. The van der Waals surface area contributed by atoms with E-state index in [1.165, 1.54) is 0 Å². The Bertz CT molecular complexity index is 437. The van der Waals surface area contributed by atoms with Crippen LogP contribution in [0.1, 0.15) is 11.5 Å². The van der Waals surface area contributed by atoms with E-state index in [2.05, 4.69) is 15.0 Å². The molecule has 1 N–H and O–H groups in total. The van der Waals surface area contributed by atoms with Crippen LogP contribution in [-0.4, -0.2) is 20.8 Å². The van der Waals surface area contributed by atoms with Crippen LogP contribution in [0, 0.1) is 6.92 Å². The van der Waals surface area contributed by atoms with Crippen LogP contribution in [0.2, 0.25) is 0 Å². The first kappa shape index (κ1) is 10.2. The first-order valence-corrected chi connectivity index (χ1v) is 5.37. The maximum absolute atomic E-state index is 5.68. The van der Waals surface area contributed by atoms with Crippen molar-refractivity contribution < 1.29 is 0 Å². The highest BCUT2D eigenvalue weighted by Crippen LogP contribution is 2.15. The minimum Gasteiger partial charge on any atom is -0.360 e. The summed E-state index contributed by atoms with van der Waals surface area (Å²) in [6.07, 6.45) is 2.59. The summed E-state index contributed by atoms with van der Waals surface area (Å²) < 4.78 is 0. The number of halogens is 1. The standard InChI is InChI=1S/C11H12ClN3/c1-8-7-10(9-3-2-6-13-9)15-11(14-8)4-5-12/h2-3,6-7,13H,4-5H2,1H3. The van der Waals surface area contributed by atoms with E-state index < -0.39 is 0 Å². The Morgan fingerprint density at radius 1 is 1.40 bits per heavy atom. The zero-order chi connectivity index (χ0) is 10.7. The number of hydrogen-bond acceptors (Lipinski definition) is 2. The summed E-state index contributed by atoms with van der Waals surface area (Å²) >= 11 is 5.68. The molecule has 0 aliphatic carbocycles. The predicted octanol–water partition coefficient (Wildman–Crippen LogP) is 2.56. The highest BCUT2D eigenvalue weighted by Gasteiger charge is 2.04. The number of aromatic amines is 1. The van der Waals surface area contributed by atoms with Gasteiger partial charge in [-0.2, -0.15) is 0 Å². The summed E-state index contributed by atoms with van der Waals surface area (Å²) in [4.78, 5) is 11.9. The molecule has 4 heteroatoms. The summed E-state index contributed by atoms with van der Waals surface area (Å²) in [5, 5.41) is 0. The lowest BCUT2D eigenvalue weighted by atomic mass is 10.2. The van der Waals surface area contributed by atoms with Crippen LogP contribution in [0.5, 0.6) is 0 Å². The lowest BCUT2D eigenvalue weighted by molar-refractivity contribution is 0.924. The number of aryl methyl sites for hydroxylation is 2. The van der Waals surface area contributed by atoms with Gasteiger partial charge in [-0.1, -0.05) is 0 Å². The Hall–Kier alpha value is -1.35. The van der Waals surface area contributed by atoms with Crippen molar-refractivity contribution in [2.24, 2.45) is 0 Å². The molecule has 3 nitrogen and oxygen atoms in total. The Labute approximate surface area is 93.5 Å². The van der Waals surface area contributed by atoms with Crippen LogP contribution in [0.25, 0.3) is 11.4 Å². The van der Waals surface area contributed by atoms with Gasteiger partial charge in [-0.3, -0.25) is 0 Å². The van der Waals surface area contributed by atoms with Gasteiger partial charge in [0.2, 0.25) is 0 Å². The molecule has 2 heterocycles. The van der Waals surface area contributed by atoms with Gasteiger partial charge >= 0.3 is 0 Å². The van der Waals surface area contributed by atoms with Gasteiger partial charge < -0.3 is 4.98 Å². The summed E-state index contributed by atoms with van der Waals surface area (Å²) in [7, 11) is 0. The topological polar surface area (TPSA) is 41.6 Å². The highest BCUT2D eigenvalue weighted by atomic mass is 35.5. The number of aromatic nitrogens is 3. The van der Waals surface area contributed by atoms with Gasteiger partial charge in [0, 0.05) is 24.2 Å². The monoisotopic (exact) mass is 221 g/mol. The van der Waals surface area contributed by atoms with Crippen molar-refractivity contribution in [2.75, 3.05) is 5.88 Å². The third-order valence-corrected chi connectivity index (χ3v) is 2.28. The molecule has 2 aromatic heterocycles. The van der Waals surface area contributed by atoms with E-state index in [0.29, 0.717) is 12.3 Å². The van der Waals surface area contributed by atoms with E-state index in [9.17, 15) is 0 Å². The van der Waals surface area contributed by atoms with E-state index in [4.69, 9.17) is 11.6 Å². The molecule has 0 bridgehead atoms. The smallest absolute Gasteiger partial charge is 0.130 e. The Balaban J connectivity index is 2.40. The molecular weight excluding hydrogens is 210 g/mol. The van der Waals surface area contributed by atoms with Gasteiger partial charge in [-0.15, -0.1) is 11.6 Å². The lowest BCUT2D eigenvalue weighted by Crippen LogP contribution is -2.00. The molecule has 0 aliphatic heterocycles. The lowest BCUT2D eigenvalue weighted by Gasteiger charge is -2.03. The molecule has 0 aliphatic rings. The second-order valence-corrected chi connectivity index (χ2v) is 3.71. The summed E-state index contributed by atoms with van der Waals surface area (Å²) in [6, 6.07) is 5.91. The summed E-state index contributed by atoms with van der Waals surface area (Å²) in [5.41, 5.74) is 2.90. The number of nitrogens with one attached hydrogen (secondary N) is 1. The number of hydrogen-bond donors (Lipinski definition) is 1. The third-order valence-electron chi connectivity index (χ3n) is 2.09. The first-order valence-electron chi connectivity index (χ1n) is 4.84. The molecule has 0 atom stereocenters. The van der Waals surface area contributed by atoms with Gasteiger partial charge in [-0.25, -0.2) is 9.97 Å². The molecular formula is C11H12ClN3. The molecule has 2 aromatic rings. The molecule has 0 unspecified atom stereocenters. The zero-order valence-corrected chi connectivity index (χ0v) is 9.25. The minimum atomic E-state index is 0.549. The van der Waals surface area contributed by atoms with Crippen LogP contribution in [0.3, 0.4) is 0 Å². The van der Waals surface area contributed by atoms with Gasteiger partial charge in [0.25, 0.3) is 0 Å².